The van der Waals surface area contributed by atoms with E-state index in [1.807, 2.05) is 57.2 Å². The van der Waals surface area contributed by atoms with Gasteiger partial charge in [0.05, 0.1) is 22.4 Å². The minimum Gasteiger partial charge on any atom is -0.338 e. The van der Waals surface area contributed by atoms with E-state index >= 15 is 0 Å². The van der Waals surface area contributed by atoms with E-state index in [0.717, 1.165) is 17.0 Å². The quantitative estimate of drug-likeness (QED) is 0.529. The van der Waals surface area contributed by atoms with E-state index < -0.39 is 15.1 Å². The van der Waals surface area contributed by atoms with Gasteiger partial charge < -0.3 is 4.90 Å². The molecule has 1 aliphatic rings. The molecule has 0 unspecified atom stereocenters. The molecule has 0 radical (unpaired) electrons. The van der Waals surface area contributed by atoms with Crippen molar-refractivity contribution in [3.63, 3.8) is 0 Å². The number of thioether (sulfide) groups is 1. The average molecular weight is 420 g/mol. The standard InChI is InChI=1S/C20H25N3O3S2/c1-4-23(17-10-11-28(25,26)13-17)19(24)15(3)27-20-21-14(2)12-18(22-20)16-8-6-5-7-9-16/h5-9,12,15,17H,4,10-11,13H2,1-3H3/t15-,17+/m0/s1. The van der Waals surface area contributed by atoms with E-state index in [0.29, 0.717) is 18.1 Å². The van der Waals surface area contributed by atoms with Crippen LogP contribution in [0.15, 0.2) is 41.6 Å². The van der Waals surface area contributed by atoms with Crippen LogP contribution >= 0.6 is 11.8 Å². The molecule has 2 atom stereocenters. The van der Waals surface area contributed by atoms with Crippen LogP contribution in [-0.2, 0) is 14.6 Å². The van der Waals surface area contributed by atoms with Gasteiger partial charge in [-0.05, 0) is 33.3 Å². The monoisotopic (exact) mass is 419 g/mol. The third kappa shape index (κ3) is 4.91. The molecule has 1 aromatic heterocycles. The summed E-state index contributed by atoms with van der Waals surface area (Å²) in [5.41, 5.74) is 2.66. The van der Waals surface area contributed by atoms with Crippen molar-refractivity contribution in [2.45, 2.75) is 43.6 Å². The molecule has 2 heterocycles. The number of hydrogen-bond acceptors (Lipinski definition) is 6. The fourth-order valence-electron chi connectivity index (χ4n) is 3.41. The van der Waals surface area contributed by atoms with Crippen molar-refractivity contribution in [1.29, 1.82) is 0 Å². The van der Waals surface area contributed by atoms with Crippen molar-refractivity contribution in [2.24, 2.45) is 0 Å². The largest absolute Gasteiger partial charge is 0.338 e. The fourth-order valence-corrected chi connectivity index (χ4v) is 6.04. The van der Waals surface area contributed by atoms with Gasteiger partial charge >= 0.3 is 0 Å². The summed E-state index contributed by atoms with van der Waals surface area (Å²) in [6.07, 6.45) is 0.512. The molecule has 0 bridgehead atoms. The summed E-state index contributed by atoms with van der Waals surface area (Å²) < 4.78 is 23.6. The van der Waals surface area contributed by atoms with Gasteiger partial charge in [0.15, 0.2) is 15.0 Å². The van der Waals surface area contributed by atoms with Crippen molar-refractivity contribution < 1.29 is 13.2 Å². The molecule has 6 nitrogen and oxygen atoms in total. The lowest BCUT2D eigenvalue weighted by molar-refractivity contribution is -0.131. The van der Waals surface area contributed by atoms with Crippen LogP contribution in [-0.4, -0.2) is 58.5 Å². The maximum Gasteiger partial charge on any atom is 0.236 e. The minimum absolute atomic E-state index is 0.0586. The molecule has 1 aliphatic heterocycles. The number of benzene rings is 1. The summed E-state index contributed by atoms with van der Waals surface area (Å²) in [6, 6.07) is 11.5. The number of sulfone groups is 1. The van der Waals surface area contributed by atoms with Gasteiger partial charge in [-0.1, -0.05) is 42.1 Å². The molecular weight excluding hydrogens is 394 g/mol. The van der Waals surface area contributed by atoms with Crippen LogP contribution in [0.25, 0.3) is 11.3 Å². The van der Waals surface area contributed by atoms with Crippen LogP contribution < -0.4 is 0 Å². The summed E-state index contributed by atoms with van der Waals surface area (Å²) in [4.78, 5) is 23.8. The van der Waals surface area contributed by atoms with Gasteiger partial charge in [0.2, 0.25) is 5.91 Å². The highest BCUT2D eigenvalue weighted by atomic mass is 32.2. The first-order valence-electron chi connectivity index (χ1n) is 9.37. The Kier molecular flexibility index (Phi) is 6.40. The topological polar surface area (TPSA) is 80.2 Å². The third-order valence-electron chi connectivity index (χ3n) is 4.81. The van der Waals surface area contributed by atoms with Gasteiger partial charge in [0.25, 0.3) is 0 Å². The number of nitrogens with zero attached hydrogens (tertiary/aromatic N) is 3. The van der Waals surface area contributed by atoms with Gasteiger partial charge in [-0.15, -0.1) is 0 Å². The van der Waals surface area contributed by atoms with Crippen molar-refractivity contribution in [3.8, 4) is 11.3 Å². The zero-order chi connectivity index (χ0) is 20.3. The number of carbonyl (C=O) groups excluding carboxylic acids is 1. The Labute approximate surface area is 170 Å². The Morgan fingerprint density at radius 2 is 2.00 bits per heavy atom. The molecular formula is C20H25N3O3S2. The van der Waals surface area contributed by atoms with Gasteiger partial charge in [0, 0.05) is 23.8 Å². The second kappa shape index (κ2) is 8.61. The molecule has 1 aromatic carbocycles. The Balaban J connectivity index is 1.75. The first kappa shape index (κ1) is 20.8. The van der Waals surface area contributed by atoms with E-state index in [4.69, 9.17) is 0 Å². The van der Waals surface area contributed by atoms with Crippen LogP contribution in [0.1, 0.15) is 26.0 Å². The molecule has 3 rings (SSSR count). The summed E-state index contributed by atoms with van der Waals surface area (Å²) in [5, 5.41) is 0.156. The number of carbonyl (C=O) groups is 1. The smallest absolute Gasteiger partial charge is 0.236 e. The molecule has 1 fully saturated rings. The normalized spacial score (nSPS) is 19.3. The predicted molar refractivity (Wildman–Crippen MR) is 112 cm³/mol. The Bertz CT molecular complexity index is 948. The predicted octanol–water partition coefficient (Wildman–Crippen LogP) is 2.97. The lowest BCUT2D eigenvalue weighted by Crippen LogP contribution is -2.44. The maximum absolute atomic E-state index is 13.0. The number of rotatable bonds is 6. The molecule has 1 amide bonds. The Hall–Kier alpha value is -1.93. The highest BCUT2D eigenvalue weighted by molar-refractivity contribution is 8.00. The minimum atomic E-state index is -3.04. The molecule has 0 saturated carbocycles. The molecule has 0 N–H and O–H groups in total. The second-order valence-electron chi connectivity index (χ2n) is 6.98. The molecule has 28 heavy (non-hydrogen) atoms. The first-order chi connectivity index (χ1) is 13.3. The number of hydrogen-bond donors (Lipinski definition) is 0. The fraction of sp³-hybridized carbons (Fsp3) is 0.450. The second-order valence-corrected chi connectivity index (χ2v) is 10.5. The lowest BCUT2D eigenvalue weighted by atomic mass is 10.1. The summed E-state index contributed by atoms with van der Waals surface area (Å²) in [7, 11) is -3.04. The molecule has 2 aromatic rings. The first-order valence-corrected chi connectivity index (χ1v) is 12.1. The maximum atomic E-state index is 13.0. The van der Waals surface area contributed by atoms with E-state index in [2.05, 4.69) is 9.97 Å². The van der Waals surface area contributed by atoms with Crippen LogP contribution in [0, 0.1) is 6.92 Å². The lowest BCUT2D eigenvalue weighted by Gasteiger charge is -2.29. The third-order valence-corrected chi connectivity index (χ3v) is 7.51. The van der Waals surface area contributed by atoms with Crippen LogP contribution in [0.5, 0.6) is 0 Å². The van der Waals surface area contributed by atoms with E-state index in [1.54, 1.807) is 4.90 Å². The molecule has 8 heteroatoms. The van der Waals surface area contributed by atoms with Crippen molar-refractivity contribution in [1.82, 2.24) is 14.9 Å². The molecule has 0 aliphatic carbocycles. The van der Waals surface area contributed by atoms with Crippen LogP contribution in [0.3, 0.4) is 0 Å². The van der Waals surface area contributed by atoms with Gasteiger partial charge in [-0.3, -0.25) is 4.79 Å². The van der Waals surface area contributed by atoms with E-state index in [-0.39, 0.29) is 23.5 Å². The SMILES string of the molecule is CCN(C(=O)[C@H](C)Sc1nc(C)cc(-c2ccccc2)n1)[C@@H]1CCS(=O)(=O)C1. The Morgan fingerprint density at radius 3 is 2.61 bits per heavy atom. The average Bonchev–Trinajstić information content (AvgIpc) is 3.02. The van der Waals surface area contributed by atoms with Gasteiger partial charge in [0.1, 0.15) is 0 Å². The van der Waals surface area contributed by atoms with Gasteiger partial charge in [-0.2, -0.15) is 0 Å². The number of aromatic nitrogens is 2. The van der Waals surface area contributed by atoms with E-state index in [1.165, 1.54) is 11.8 Å². The zero-order valence-electron chi connectivity index (χ0n) is 16.3. The Morgan fingerprint density at radius 1 is 1.29 bits per heavy atom. The van der Waals surface area contributed by atoms with Crippen molar-refractivity contribution >= 4 is 27.5 Å². The number of amides is 1. The van der Waals surface area contributed by atoms with Crippen LogP contribution in [0.2, 0.25) is 0 Å². The zero-order valence-corrected chi connectivity index (χ0v) is 18.0. The van der Waals surface area contributed by atoms with Crippen molar-refractivity contribution in [2.75, 3.05) is 18.1 Å². The molecule has 0 spiro atoms. The molecule has 150 valence electrons. The summed E-state index contributed by atoms with van der Waals surface area (Å²) in [6.45, 7) is 6.12. The van der Waals surface area contributed by atoms with Crippen molar-refractivity contribution in [3.05, 3.63) is 42.1 Å². The molecule has 1 saturated heterocycles. The summed E-state index contributed by atoms with van der Waals surface area (Å²) in [5.74, 6) is 0.147. The number of aryl methyl sites for hydroxylation is 1. The van der Waals surface area contributed by atoms with Gasteiger partial charge in [-0.25, -0.2) is 18.4 Å². The highest BCUT2D eigenvalue weighted by Gasteiger charge is 2.35. The van der Waals surface area contributed by atoms with E-state index in [9.17, 15) is 13.2 Å². The highest BCUT2D eigenvalue weighted by Crippen LogP contribution is 2.27. The summed E-state index contributed by atoms with van der Waals surface area (Å²) >= 11 is 1.31. The van der Waals surface area contributed by atoms with Crippen LogP contribution in [0.4, 0.5) is 0 Å².